The number of likely N-dealkylation sites (N-methyl/N-ethyl adjacent to an activating group) is 1. The summed E-state index contributed by atoms with van der Waals surface area (Å²) in [5.74, 6) is 0. The Morgan fingerprint density at radius 2 is 1.50 bits per heavy atom. The number of rotatable bonds is 0. The van der Waals surface area contributed by atoms with E-state index in [1.165, 1.54) is 0 Å². The quantitative estimate of drug-likeness (QED) is 0.429. The van der Waals surface area contributed by atoms with Crippen molar-refractivity contribution in [3.8, 4) is 0 Å². The molecule has 0 aromatic rings. The number of nitrogens with zero attached hydrogens (tertiary/aromatic N) is 1. The second kappa shape index (κ2) is 6.31. The zero-order chi connectivity index (χ0) is 10.3. The van der Waals surface area contributed by atoms with Crippen LogP contribution >= 0.6 is 0 Å². The molecule has 5 heteroatoms. The molecule has 2 heterocycles. The first kappa shape index (κ1) is 11.9. The lowest BCUT2D eigenvalue weighted by Crippen LogP contribution is -2.46. The summed E-state index contributed by atoms with van der Waals surface area (Å²) in [4.78, 5) is 0. The van der Waals surface area contributed by atoms with Gasteiger partial charge >= 0.3 is 0 Å². The Hall–Kier alpha value is -0.200. The summed E-state index contributed by atoms with van der Waals surface area (Å²) in [5, 5.41) is 14.1. The standard InChI is InChI=1S/C5H11NO2.C4H9NO/c1-6(7)2-4-8-5-3-6;1-3-6-4-2-5-1/h2-5H2,1H3;5H,1-4H2. The minimum Gasteiger partial charge on any atom is -0.633 e. The highest BCUT2D eigenvalue weighted by atomic mass is 16.6. The topological polar surface area (TPSA) is 53.5 Å². The first-order valence-electron chi connectivity index (χ1n) is 5.12. The molecule has 84 valence electrons. The Labute approximate surface area is 85.1 Å². The van der Waals surface area contributed by atoms with Crippen molar-refractivity contribution in [1.29, 1.82) is 0 Å². The van der Waals surface area contributed by atoms with Crippen molar-refractivity contribution in [3.63, 3.8) is 0 Å². The van der Waals surface area contributed by atoms with Crippen LogP contribution in [0.4, 0.5) is 0 Å². The number of hydrogen-bond donors (Lipinski definition) is 1. The van der Waals surface area contributed by atoms with Crippen molar-refractivity contribution in [3.05, 3.63) is 5.21 Å². The average Bonchev–Trinajstić information content (AvgIpc) is 2.21. The van der Waals surface area contributed by atoms with E-state index in [2.05, 4.69) is 5.32 Å². The molecule has 0 spiro atoms. The molecule has 0 aromatic carbocycles. The molecule has 0 saturated carbocycles. The maximum absolute atomic E-state index is 11.0. The zero-order valence-corrected chi connectivity index (χ0v) is 8.83. The Kier molecular flexibility index (Phi) is 5.36. The third kappa shape index (κ3) is 5.51. The van der Waals surface area contributed by atoms with Crippen LogP contribution in [0, 0.1) is 5.21 Å². The molecule has 0 amide bonds. The van der Waals surface area contributed by atoms with Gasteiger partial charge in [-0.2, -0.15) is 0 Å². The van der Waals surface area contributed by atoms with Crippen molar-refractivity contribution < 1.29 is 14.1 Å². The van der Waals surface area contributed by atoms with Gasteiger partial charge in [-0.15, -0.1) is 0 Å². The molecule has 0 radical (unpaired) electrons. The molecule has 0 aliphatic carbocycles. The number of hydroxylamine groups is 3. The number of morpholine rings is 2. The highest BCUT2D eigenvalue weighted by Gasteiger charge is 2.13. The van der Waals surface area contributed by atoms with Gasteiger partial charge < -0.3 is 24.6 Å². The van der Waals surface area contributed by atoms with Gasteiger partial charge in [-0.3, -0.25) is 0 Å². The van der Waals surface area contributed by atoms with E-state index in [1.54, 1.807) is 7.05 Å². The van der Waals surface area contributed by atoms with Crippen LogP contribution in [-0.2, 0) is 9.47 Å². The summed E-state index contributed by atoms with van der Waals surface area (Å²) in [6.07, 6.45) is 0. The summed E-state index contributed by atoms with van der Waals surface area (Å²) in [5.41, 5.74) is 0. The molecule has 1 N–H and O–H groups in total. The molecule has 0 aromatic heterocycles. The molecule has 2 aliphatic heterocycles. The van der Waals surface area contributed by atoms with E-state index in [-0.39, 0.29) is 4.65 Å². The monoisotopic (exact) mass is 204 g/mol. The third-order valence-electron chi connectivity index (χ3n) is 2.26. The van der Waals surface area contributed by atoms with Crippen molar-refractivity contribution in [2.75, 3.05) is 59.7 Å². The molecule has 0 bridgehead atoms. The summed E-state index contributed by atoms with van der Waals surface area (Å²) >= 11 is 0. The Bertz CT molecular complexity index is 129. The summed E-state index contributed by atoms with van der Waals surface area (Å²) in [7, 11) is 1.68. The fraction of sp³-hybridized carbons (Fsp3) is 1.00. The van der Waals surface area contributed by atoms with Crippen LogP contribution < -0.4 is 5.32 Å². The first-order valence-corrected chi connectivity index (χ1v) is 5.12. The number of hydrogen-bond acceptors (Lipinski definition) is 4. The number of nitrogens with one attached hydrogen (secondary N) is 1. The second-order valence-electron chi connectivity index (χ2n) is 3.72. The van der Waals surface area contributed by atoms with Crippen LogP contribution in [0.1, 0.15) is 0 Å². The van der Waals surface area contributed by atoms with E-state index in [1.807, 2.05) is 0 Å². The normalized spacial score (nSPS) is 26.1. The number of quaternary nitrogens is 1. The lowest BCUT2D eigenvalue weighted by Gasteiger charge is -2.41. The second-order valence-corrected chi connectivity index (χ2v) is 3.72. The molecule has 2 fully saturated rings. The predicted octanol–water partition coefficient (Wildman–Crippen LogP) is -0.433. The maximum atomic E-state index is 11.0. The summed E-state index contributed by atoms with van der Waals surface area (Å²) < 4.78 is 9.87. The van der Waals surface area contributed by atoms with Gasteiger partial charge in [0.2, 0.25) is 0 Å². The largest absolute Gasteiger partial charge is 0.633 e. The summed E-state index contributed by atoms with van der Waals surface area (Å²) in [6.45, 7) is 6.31. The fourth-order valence-electron chi connectivity index (χ4n) is 1.24. The van der Waals surface area contributed by atoms with E-state index >= 15 is 0 Å². The molecular weight excluding hydrogens is 184 g/mol. The van der Waals surface area contributed by atoms with Crippen molar-refractivity contribution in [2.45, 2.75) is 0 Å². The van der Waals surface area contributed by atoms with E-state index in [4.69, 9.17) is 9.47 Å². The van der Waals surface area contributed by atoms with Crippen LogP contribution in [0.5, 0.6) is 0 Å². The van der Waals surface area contributed by atoms with Crippen LogP contribution in [0.25, 0.3) is 0 Å². The Morgan fingerprint density at radius 3 is 1.71 bits per heavy atom. The van der Waals surface area contributed by atoms with Crippen molar-refractivity contribution >= 4 is 0 Å². The minimum absolute atomic E-state index is 0.125. The van der Waals surface area contributed by atoms with Gasteiger partial charge in [-0.05, 0) is 0 Å². The molecule has 14 heavy (non-hydrogen) atoms. The van der Waals surface area contributed by atoms with Gasteiger partial charge in [0.1, 0.15) is 13.1 Å². The first-order chi connectivity index (χ1) is 6.71. The third-order valence-corrected chi connectivity index (χ3v) is 2.26. The molecule has 0 atom stereocenters. The Morgan fingerprint density at radius 1 is 1.00 bits per heavy atom. The van der Waals surface area contributed by atoms with E-state index in [0.717, 1.165) is 26.3 Å². The van der Waals surface area contributed by atoms with Crippen LogP contribution in [-0.4, -0.2) is 64.3 Å². The van der Waals surface area contributed by atoms with Crippen molar-refractivity contribution in [1.82, 2.24) is 5.32 Å². The zero-order valence-electron chi connectivity index (χ0n) is 8.83. The highest BCUT2D eigenvalue weighted by molar-refractivity contribution is 4.49. The predicted molar refractivity (Wildman–Crippen MR) is 53.8 cm³/mol. The molecular formula is C9H20N2O3. The molecule has 2 rings (SSSR count). The van der Waals surface area contributed by atoms with E-state index < -0.39 is 0 Å². The van der Waals surface area contributed by atoms with Crippen LogP contribution in [0.3, 0.4) is 0 Å². The van der Waals surface area contributed by atoms with Gasteiger partial charge in [0.15, 0.2) is 0 Å². The van der Waals surface area contributed by atoms with Crippen LogP contribution in [0.2, 0.25) is 0 Å². The lowest BCUT2D eigenvalue weighted by molar-refractivity contribution is -0.869. The van der Waals surface area contributed by atoms with Gasteiger partial charge in [0, 0.05) is 13.1 Å². The van der Waals surface area contributed by atoms with Gasteiger partial charge in [0.05, 0.1) is 33.5 Å². The van der Waals surface area contributed by atoms with Gasteiger partial charge in [0.25, 0.3) is 0 Å². The smallest absolute Gasteiger partial charge is 0.102 e. The SMILES string of the molecule is C1COCCN1.C[N+]1([O-])CCOCC1. The lowest BCUT2D eigenvalue weighted by atomic mass is 10.4. The molecule has 5 nitrogen and oxygen atoms in total. The van der Waals surface area contributed by atoms with Crippen LogP contribution in [0.15, 0.2) is 0 Å². The van der Waals surface area contributed by atoms with Crippen molar-refractivity contribution in [2.24, 2.45) is 0 Å². The van der Waals surface area contributed by atoms with E-state index in [9.17, 15) is 5.21 Å². The Balaban J connectivity index is 0.000000146. The summed E-state index contributed by atoms with van der Waals surface area (Å²) in [6, 6.07) is 0. The van der Waals surface area contributed by atoms with Gasteiger partial charge in [-0.25, -0.2) is 0 Å². The van der Waals surface area contributed by atoms with E-state index in [0.29, 0.717) is 26.3 Å². The average molecular weight is 204 g/mol. The highest BCUT2D eigenvalue weighted by Crippen LogP contribution is 2.02. The fourth-order valence-corrected chi connectivity index (χ4v) is 1.24. The minimum atomic E-state index is -0.125. The van der Waals surface area contributed by atoms with Gasteiger partial charge in [-0.1, -0.05) is 0 Å². The molecule has 0 unspecified atom stereocenters. The number of ether oxygens (including phenoxy) is 2. The maximum Gasteiger partial charge on any atom is 0.102 e. The molecule has 2 saturated heterocycles. The molecule has 2 aliphatic rings.